The van der Waals surface area contributed by atoms with Gasteiger partial charge in [-0.05, 0) is 43.2 Å². The van der Waals surface area contributed by atoms with Crippen LogP contribution < -0.4 is 5.32 Å². The Labute approximate surface area is 122 Å². The minimum Gasteiger partial charge on any atom is -0.319 e. The molecule has 1 amide bonds. The van der Waals surface area contributed by atoms with Gasteiger partial charge in [-0.2, -0.15) is 0 Å². The highest BCUT2D eigenvalue weighted by Gasteiger charge is 2.27. The number of aryl methyl sites for hydroxylation is 2. The van der Waals surface area contributed by atoms with Crippen LogP contribution in [0.4, 0.5) is 11.4 Å². The number of rotatable bonds is 1. The minimum absolute atomic E-state index is 0.216. The number of halogens is 1. The van der Waals surface area contributed by atoms with Crippen LogP contribution >= 0.6 is 11.6 Å². The van der Waals surface area contributed by atoms with Crippen LogP contribution in [0, 0.1) is 13.8 Å². The van der Waals surface area contributed by atoms with Gasteiger partial charge in [-0.15, -0.1) is 0 Å². The second-order valence-corrected chi connectivity index (χ2v) is 5.33. The Morgan fingerprint density at radius 3 is 2.50 bits per heavy atom. The molecular weight excluding hydrogens is 272 g/mol. The van der Waals surface area contributed by atoms with E-state index in [9.17, 15) is 4.79 Å². The van der Waals surface area contributed by atoms with Gasteiger partial charge < -0.3 is 5.32 Å². The Hall–Kier alpha value is -2.13. The largest absolute Gasteiger partial charge is 0.319 e. The predicted octanol–water partition coefficient (Wildman–Crippen LogP) is 4.03. The first-order valence-corrected chi connectivity index (χ1v) is 6.69. The number of carbonyl (C=O) groups is 1. The lowest BCUT2D eigenvalue weighted by atomic mass is 10.1. The molecule has 0 bridgehead atoms. The molecule has 0 unspecified atom stereocenters. The molecule has 1 aliphatic heterocycles. The highest BCUT2D eigenvalue weighted by molar-refractivity contribution is 6.55. The van der Waals surface area contributed by atoms with E-state index in [0.29, 0.717) is 16.4 Å². The highest BCUT2D eigenvalue weighted by atomic mass is 35.5. The fourth-order valence-corrected chi connectivity index (χ4v) is 2.62. The summed E-state index contributed by atoms with van der Waals surface area (Å²) in [7, 11) is 0. The van der Waals surface area contributed by atoms with E-state index in [-0.39, 0.29) is 5.91 Å². The maximum Gasteiger partial charge on any atom is 0.275 e. The average molecular weight is 285 g/mol. The number of nitrogens with one attached hydrogen (secondary N) is 1. The number of nitrogens with zero attached hydrogens (tertiary/aromatic N) is 1. The molecule has 0 spiro atoms. The van der Waals surface area contributed by atoms with Crippen LogP contribution in [0.25, 0.3) is 0 Å². The molecule has 1 heterocycles. The molecule has 0 aliphatic carbocycles. The first kappa shape index (κ1) is 12.9. The molecular formula is C16H13ClN2O. The second kappa shape index (κ2) is 4.76. The summed E-state index contributed by atoms with van der Waals surface area (Å²) >= 11 is 6.08. The minimum atomic E-state index is -0.216. The third-order valence-electron chi connectivity index (χ3n) is 3.17. The number of amides is 1. The van der Waals surface area contributed by atoms with Gasteiger partial charge in [0.1, 0.15) is 5.71 Å². The SMILES string of the molecule is Cc1cc(C)cc(N=C2C(=O)Nc3c(Cl)cccc32)c1. The molecule has 2 aromatic rings. The van der Waals surface area contributed by atoms with Crippen LogP contribution in [-0.2, 0) is 4.79 Å². The third-order valence-corrected chi connectivity index (χ3v) is 3.48. The monoisotopic (exact) mass is 284 g/mol. The lowest BCUT2D eigenvalue weighted by molar-refractivity contribution is -0.110. The predicted molar refractivity (Wildman–Crippen MR) is 82.2 cm³/mol. The number of aliphatic imine (C=N–C) groups is 1. The van der Waals surface area contributed by atoms with Crippen molar-refractivity contribution in [1.82, 2.24) is 0 Å². The number of benzene rings is 2. The Kier molecular flexibility index (Phi) is 3.07. The first-order chi connectivity index (χ1) is 9.54. The Bertz CT molecular complexity index is 730. The van der Waals surface area contributed by atoms with Gasteiger partial charge in [-0.1, -0.05) is 29.8 Å². The van der Waals surface area contributed by atoms with Gasteiger partial charge in [0.15, 0.2) is 0 Å². The maximum absolute atomic E-state index is 12.1. The van der Waals surface area contributed by atoms with Crippen LogP contribution in [0.2, 0.25) is 5.02 Å². The maximum atomic E-state index is 12.1. The van der Waals surface area contributed by atoms with E-state index in [1.54, 1.807) is 6.07 Å². The van der Waals surface area contributed by atoms with E-state index in [4.69, 9.17) is 11.6 Å². The molecule has 3 rings (SSSR count). The normalized spacial score (nSPS) is 15.3. The summed E-state index contributed by atoms with van der Waals surface area (Å²) in [6, 6.07) is 11.4. The molecule has 4 heteroatoms. The van der Waals surface area contributed by atoms with Crippen molar-refractivity contribution >= 4 is 34.6 Å². The van der Waals surface area contributed by atoms with Crippen molar-refractivity contribution in [3.05, 3.63) is 58.1 Å². The average Bonchev–Trinajstić information content (AvgIpc) is 2.67. The number of anilines is 1. The topological polar surface area (TPSA) is 41.5 Å². The van der Waals surface area contributed by atoms with E-state index < -0.39 is 0 Å². The van der Waals surface area contributed by atoms with Gasteiger partial charge in [-0.25, -0.2) is 4.99 Å². The molecule has 2 aromatic carbocycles. The molecule has 0 radical (unpaired) electrons. The van der Waals surface area contributed by atoms with Crippen molar-refractivity contribution in [2.45, 2.75) is 13.8 Å². The van der Waals surface area contributed by atoms with Crippen LogP contribution in [-0.4, -0.2) is 11.6 Å². The van der Waals surface area contributed by atoms with Gasteiger partial charge >= 0.3 is 0 Å². The third kappa shape index (κ3) is 2.21. The summed E-state index contributed by atoms with van der Waals surface area (Å²) in [6.45, 7) is 4.02. The van der Waals surface area contributed by atoms with Crippen LogP contribution in [0.3, 0.4) is 0 Å². The van der Waals surface area contributed by atoms with Crippen molar-refractivity contribution in [2.75, 3.05) is 5.32 Å². The van der Waals surface area contributed by atoms with Crippen molar-refractivity contribution in [2.24, 2.45) is 4.99 Å². The van der Waals surface area contributed by atoms with Gasteiger partial charge in [0.2, 0.25) is 0 Å². The summed E-state index contributed by atoms with van der Waals surface area (Å²) in [5.41, 5.74) is 4.82. The summed E-state index contributed by atoms with van der Waals surface area (Å²) in [5.74, 6) is -0.216. The zero-order valence-electron chi connectivity index (χ0n) is 11.2. The summed E-state index contributed by atoms with van der Waals surface area (Å²) in [6.07, 6.45) is 0. The van der Waals surface area contributed by atoms with Gasteiger partial charge in [0.05, 0.1) is 16.4 Å². The van der Waals surface area contributed by atoms with E-state index in [0.717, 1.165) is 22.4 Å². The molecule has 0 saturated carbocycles. The number of hydrogen-bond donors (Lipinski definition) is 1. The molecule has 3 nitrogen and oxygen atoms in total. The zero-order chi connectivity index (χ0) is 14.3. The number of hydrogen-bond acceptors (Lipinski definition) is 2. The molecule has 0 fully saturated rings. The molecule has 100 valence electrons. The van der Waals surface area contributed by atoms with Crippen molar-refractivity contribution < 1.29 is 4.79 Å². The standard InChI is InChI=1S/C16H13ClN2O/c1-9-6-10(2)8-11(7-9)18-15-12-4-3-5-13(17)14(12)19-16(15)20/h3-8H,1-2H3,(H,18,19,20). The van der Waals surface area contributed by atoms with E-state index >= 15 is 0 Å². The van der Waals surface area contributed by atoms with Crippen LogP contribution in [0.15, 0.2) is 41.4 Å². The van der Waals surface area contributed by atoms with Crippen LogP contribution in [0.5, 0.6) is 0 Å². The number of fused-ring (bicyclic) bond motifs is 1. The molecule has 1 aliphatic rings. The van der Waals surface area contributed by atoms with Gasteiger partial charge in [0.25, 0.3) is 5.91 Å². The van der Waals surface area contributed by atoms with Crippen molar-refractivity contribution in [3.8, 4) is 0 Å². The second-order valence-electron chi connectivity index (χ2n) is 4.92. The lowest BCUT2D eigenvalue weighted by Gasteiger charge is -2.02. The summed E-state index contributed by atoms with van der Waals surface area (Å²) < 4.78 is 0. The molecule has 0 atom stereocenters. The summed E-state index contributed by atoms with van der Waals surface area (Å²) in [5, 5.41) is 3.29. The first-order valence-electron chi connectivity index (χ1n) is 6.32. The highest BCUT2D eigenvalue weighted by Crippen LogP contribution is 2.32. The van der Waals surface area contributed by atoms with Gasteiger partial charge in [0, 0.05) is 5.56 Å². The lowest BCUT2D eigenvalue weighted by Crippen LogP contribution is -2.13. The van der Waals surface area contributed by atoms with Gasteiger partial charge in [-0.3, -0.25) is 4.79 Å². The Morgan fingerprint density at radius 2 is 1.80 bits per heavy atom. The molecule has 20 heavy (non-hydrogen) atoms. The van der Waals surface area contributed by atoms with Crippen molar-refractivity contribution in [3.63, 3.8) is 0 Å². The molecule has 1 N–H and O–H groups in total. The fraction of sp³-hybridized carbons (Fsp3) is 0.125. The molecule has 0 saturated heterocycles. The van der Waals surface area contributed by atoms with E-state index in [2.05, 4.69) is 16.4 Å². The number of carbonyl (C=O) groups excluding carboxylic acids is 1. The quantitative estimate of drug-likeness (QED) is 0.844. The van der Waals surface area contributed by atoms with Crippen LogP contribution in [0.1, 0.15) is 16.7 Å². The summed E-state index contributed by atoms with van der Waals surface area (Å²) in [4.78, 5) is 16.5. The van der Waals surface area contributed by atoms with E-state index in [1.807, 2.05) is 38.1 Å². The Balaban J connectivity index is 2.13. The fourth-order valence-electron chi connectivity index (χ4n) is 2.40. The number of para-hydroxylation sites is 1. The van der Waals surface area contributed by atoms with E-state index in [1.165, 1.54) is 0 Å². The van der Waals surface area contributed by atoms with Crippen molar-refractivity contribution in [1.29, 1.82) is 0 Å². The zero-order valence-corrected chi connectivity index (χ0v) is 12.0. The Morgan fingerprint density at radius 1 is 1.10 bits per heavy atom. The smallest absolute Gasteiger partial charge is 0.275 e. The molecule has 0 aromatic heterocycles.